The quantitative estimate of drug-likeness (QED) is 0.698. The monoisotopic (exact) mass is 349 g/mol. The second kappa shape index (κ2) is 7.20. The van der Waals surface area contributed by atoms with Crippen molar-refractivity contribution in [3.63, 3.8) is 0 Å². The molecule has 5 nitrogen and oxygen atoms in total. The maximum atomic E-state index is 5.69. The molecular formula is C21H23N3O2. The number of nitrogens with one attached hydrogen (secondary N) is 1. The first-order valence-corrected chi connectivity index (χ1v) is 9.21. The van der Waals surface area contributed by atoms with Crippen LogP contribution in [0.3, 0.4) is 0 Å². The third-order valence-electron chi connectivity index (χ3n) is 4.78. The van der Waals surface area contributed by atoms with Crippen LogP contribution in [0.5, 0.6) is 11.5 Å². The zero-order chi connectivity index (χ0) is 17.9. The highest BCUT2D eigenvalue weighted by Crippen LogP contribution is 2.34. The number of benzene rings is 2. The van der Waals surface area contributed by atoms with Crippen molar-refractivity contribution in [1.82, 2.24) is 9.97 Å². The van der Waals surface area contributed by atoms with Crippen molar-refractivity contribution in [1.29, 1.82) is 0 Å². The minimum Gasteiger partial charge on any atom is -0.486 e. The lowest BCUT2D eigenvalue weighted by molar-refractivity contribution is 0.171. The molecule has 0 saturated carbocycles. The first-order chi connectivity index (χ1) is 12.8. The van der Waals surface area contributed by atoms with Crippen LogP contribution in [-0.2, 0) is 0 Å². The summed E-state index contributed by atoms with van der Waals surface area (Å²) in [5, 5.41) is 4.47. The number of ether oxygens (including phenoxy) is 2. The van der Waals surface area contributed by atoms with E-state index >= 15 is 0 Å². The minimum absolute atomic E-state index is 0.362. The molecule has 1 aliphatic rings. The van der Waals surface area contributed by atoms with Gasteiger partial charge in [0.2, 0.25) is 0 Å². The Hall–Kier alpha value is -2.82. The molecule has 0 fully saturated rings. The lowest BCUT2D eigenvalue weighted by Crippen LogP contribution is -2.15. The third-order valence-corrected chi connectivity index (χ3v) is 4.78. The van der Waals surface area contributed by atoms with Gasteiger partial charge in [0.1, 0.15) is 24.9 Å². The van der Waals surface area contributed by atoms with Crippen molar-refractivity contribution >= 4 is 22.4 Å². The van der Waals surface area contributed by atoms with Gasteiger partial charge < -0.3 is 14.8 Å². The zero-order valence-electron chi connectivity index (χ0n) is 15.2. The number of hydrogen-bond acceptors (Lipinski definition) is 5. The second-order valence-corrected chi connectivity index (χ2v) is 6.44. The van der Waals surface area contributed by atoms with Crippen molar-refractivity contribution in [3.05, 3.63) is 48.3 Å². The van der Waals surface area contributed by atoms with Crippen LogP contribution < -0.4 is 14.8 Å². The Bertz CT molecular complexity index is 922. The Balaban J connectivity index is 1.75. The van der Waals surface area contributed by atoms with E-state index in [1.807, 2.05) is 42.5 Å². The van der Waals surface area contributed by atoms with Crippen molar-refractivity contribution in [2.45, 2.75) is 32.6 Å². The Morgan fingerprint density at radius 3 is 2.54 bits per heavy atom. The molecule has 0 saturated heterocycles. The summed E-state index contributed by atoms with van der Waals surface area (Å²) in [6, 6.07) is 14.0. The molecule has 2 heterocycles. The lowest BCUT2D eigenvalue weighted by atomic mass is 10.0. The summed E-state index contributed by atoms with van der Waals surface area (Å²) < 4.78 is 11.3. The van der Waals surface area contributed by atoms with Crippen LogP contribution in [-0.4, -0.2) is 23.2 Å². The summed E-state index contributed by atoms with van der Waals surface area (Å²) in [6.45, 7) is 5.53. The van der Waals surface area contributed by atoms with Crippen LogP contribution in [0.4, 0.5) is 11.5 Å². The highest BCUT2D eigenvalue weighted by Gasteiger charge is 2.16. The summed E-state index contributed by atoms with van der Waals surface area (Å²) in [7, 11) is 0. The van der Waals surface area contributed by atoms with E-state index in [0.717, 1.165) is 52.6 Å². The number of fused-ring (bicyclic) bond motifs is 2. The predicted molar refractivity (Wildman–Crippen MR) is 104 cm³/mol. The molecule has 0 spiro atoms. The molecular weight excluding hydrogens is 326 g/mol. The van der Waals surface area contributed by atoms with Gasteiger partial charge in [-0.2, -0.15) is 0 Å². The van der Waals surface area contributed by atoms with Gasteiger partial charge in [-0.15, -0.1) is 0 Å². The molecule has 26 heavy (non-hydrogen) atoms. The summed E-state index contributed by atoms with van der Waals surface area (Å²) in [5.74, 6) is 3.63. The predicted octanol–water partition coefficient (Wildman–Crippen LogP) is 5.05. The van der Waals surface area contributed by atoms with E-state index in [1.54, 1.807) is 0 Å². The Morgan fingerprint density at radius 1 is 0.962 bits per heavy atom. The Morgan fingerprint density at radius 2 is 1.73 bits per heavy atom. The largest absolute Gasteiger partial charge is 0.486 e. The summed E-state index contributed by atoms with van der Waals surface area (Å²) in [6.07, 6.45) is 2.05. The van der Waals surface area contributed by atoms with E-state index in [2.05, 4.69) is 19.2 Å². The second-order valence-electron chi connectivity index (χ2n) is 6.44. The van der Waals surface area contributed by atoms with Crippen LogP contribution >= 0.6 is 0 Å². The van der Waals surface area contributed by atoms with Gasteiger partial charge in [-0.05, 0) is 37.1 Å². The molecule has 0 radical (unpaired) electrons. The number of nitrogens with zero attached hydrogens (tertiary/aromatic N) is 2. The SMILES string of the molecule is CCC(CC)c1nc(Nc2ccc3c(c2)OCCO3)c2ccccc2n1. The van der Waals surface area contributed by atoms with E-state index in [9.17, 15) is 0 Å². The van der Waals surface area contributed by atoms with E-state index in [0.29, 0.717) is 19.1 Å². The number of rotatable bonds is 5. The van der Waals surface area contributed by atoms with Crippen LogP contribution in [0.1, 0.15) is 38.4 Å². The van der Waals surface area contributed by atoms with E-state index in [1.165, 1.54) is 0 Å². The van der Waals surface area contributed by atoms with Crippen LogP contribution in [0.2, 0.25) is 0 Å². The number of hydrogen-bond donors (Lipinski definition) is 1. The lowest BCUT2D eigenvalue weighted by Gasteiger charge is -2.19. The third kappa shape index (κ3) is 3.17. The fraction of sp³-hybridized carbons (Fsp3) is 0.333. The molecule has 4 rings (SSSR count). The fourth-order valence-corrected chi connectivity index (χ4v) is 3.28. The molecule has 134 valence electrons. The van der Waals surface area contributed by atoms with Gasteiger partial charge in [0, 0.05) is 23.1 Å². The molecule has 1 aliphatic heterocycles. The summed E-state index contributed by atoms with van der Waals surface area (Å²) in [4.78, 5) is 9.65. The van der Waals surface area contributed by atoms with Crippen molar-refractivity contribution < 1.29 is 9.47 Å². The number of anilines is 2. The van der Waals surface area contributed by atoms with Gasteiger partial charge in [0.05, 0.1) is 5.52 Å². The summed E-state index contributed by atoms with van der Waals surface area (Å²) >= 11 is 0. The van der Waals surface area contributed by atoms with Crippen molar-refractivity contribution in [3.8, 4) is 11.5 Å². The first-order valence-electron chi connectivity index (χ1n) is 9.21. The van der Waals surface area contributed by atoms with Gasteiger partial charge >= 0.3 is 0 Å². The molecule has 3 aromatic rings. The molecule has 0 aliphatic carbocycles. The van der Waals surface area contributed by atoms with Gasteiger partial charge in [-0.1, -0.05) is 26.0 Å². The maximum Gasteiger partial charge on any atom is 0.163 e. The van der Waals surface area contributed by atoms with Gasteiger partial charge in [0.15, 0.2) is 11.5 Å². The molecule has 0 bridgehead atoms. The average Bonchev–Trinajstić information content (AvgIpc) is 2.69. The van der Waals surface area contributed by atoms with Crippen LogP contribution in [0.15, 0.2) is 42.5 Å². The minimum atomic E-state index is 0.362. The van der Waals surface area contributed by atoms with E-state index < -0.39 is 0 Å². The molecule has 0 atom stereocenters. The van der Waals surface area contributed by atoms with Crippen molar-refractivity contribution in [2.24, 2.45) is 0 Å². The Labute approximate surface area is 153 Å². The highest BCUT2D eigenvalue weighted by atomic mass is 16.6. The molecule has 5 heteroatoms. The molecule has 1 aromatic heterocycles. The maximum absolute atomic E-state index is 5.69. The van der Waals surface area contributed by atoms with E-state index in [-0.39, 0.29) is 0 Å². The Kier molecular flexibility index (Phi) is 4.61. The van der Waals surface area contributed by atoms with Crippen LogP contribution in [0.25, 0.3) is 10.9 Å². The zero-order valence-corrected chi connectivity index (χ0v) is 15.2. The topological polar surface area (TPSA) is 56.3 Å². The smallest absolute Gasteiger partial charge is 0.163 e. The van der Waals surface area contributed by atoms with Crippen LogP contribution in [0, 0.1) is 0 Å². The summed E-state index contributed by atoms with van der Waals surface area (Å²) in [5.41, 5.74) is 1.89. The number of aromatic nitrogens is 2. The fourth-order valence-electron chi connectivity index (χ4n) is 3.28. The van der Waals surface area contributed by atoms with Crippen molar-refractivity contribution in [2.75, 3.05) is 18.5 Å². The molecule has 0 unspecified atom stereocenters. The first kappa shape index (κ1) is 16.6. The van der Waals surface area contributed by atoms with Gasteiger partial charge in [0.25, 0.3) is 0 Å². The molecule has 0 amide bonds. The molecule has 1 N–H and O–H groups in total. The molecule has 2 aromatic carbocycles. The highest BCUT2D eigenvalue weighted by molar-refractivity contribution is 5.90. The van der Waals surface area contributed by atoms with Gasteiger partial charge in [-0.3, -0.25) is 0 Å². The average molecular weight is 349 g/mol. The normalized spacial score (nSPS) is 13.2. The van der Waals surface area contributed by atoms with Gasteiger partial charge in [-0.25, -0.2) is 9.97 Å². The standard InChI is InChI=1S/C21H23N3O2/c1-3-14(4-2)20-23-17-8-6-5-7-16(17)21(24-20)22-15-9-10-18-19(13-15)26-12-11-25-18/h5-10,13-14H,3-4,11-12H2,1-2H3,(H,22,23,24). The number of para-hydroxylation sites is 1. The van der Waals surface area contributed by atoms with E-state index in [4.69, 9.17) is 19.4 Å².